The van der Waals surface area contributed by atoms with Crippen molar-refractivity contribution >= 4 is 5.69 Å². The molecule has 0 fully saturated rings. The number of rotatable bonds is 3. The van der Waals surface area contributed by atoms with Gasteiger partial charge in [0.2, 0.25) is 0 Å². The number of anilines is 1. The fourth-order valence-corrected chi connectivity index (χ4v) is 3.13. The Bertz CT molecular complexity index is 648. The molecule has 0 saturated carbocycles. The van der Waals surface area contributed by atoms with Crippen molar-refractivity contribution in [2.45, 2.75) is 25.3 Å². The first-order valence-corrected chi connectivity index (χ1v) is 7.34. The van der Waals surface area contributed by atoms with Crippen LogP contribution in [0.1, 0.15) is 36.4 Å². The summed E-state index contributed by atoms with van der Waals surface area (Å²) < 4.78 is 5.53. The Morgan fingerprint density at radius 3 is 2.57 bits per heavy atom. The zero-order valence-electron chi connectivity index (χ0n) is 12.6. The maximum Gasteiger partial charge on any atom is 0.142 e. The van der Waals surface area contributed by atoms with E-state index >= 15 is 0 Å². The Balaban J connectivity index is 2.06. The lowest BCUT2D eigenvalue weighted by molar-refractivity contribution is 0.413. The first-order chi connectivity index (χ1) is 10.2. The van der Waals surface area contributed by atoms with Gasteiger partial charge in [0.15, 0.2) is 0 Å². The van der Waals surface area contributed by atoms with Crippen molar-refractivity contribution in [3.8, 4) is 5.75 Å². The molecule has 0 saturated heterocycles. The lowest BCUT2D eigenvalue weighted by Gasteiger charge is -2.34. The highest BCUT2D eigenvalue weighted by Crippen LogP contribution is 2.46. The molecule has 3 rings (SSSR count). The molecule has 0 spiro atoms. The van der Waals surface area contributed by atoms with E-state index in [0.29, 0.717) is 5.92 Å². The fourth-order valence-electron chi connectivity index (χ4n) is 3.13. The summed E-state index contributed by atoms with van der Waals surface area (Å²) in [5, 5.41) is 3.65. The van der Waals surface area contributed by atoms with Crippen LogP contribution >= 0.6 is 0 Å². The third kappa shape index (κ3) is 2.54. The summed E-state index contributed by atoms with van der Waals surface area (Å²) in [7, 11) is 1.72. The fraction of sp³-hybridized carbons (Fsp3) is 0.263. The lowest BCUT2D eigenvalue weighted by Crippen LogP contribution is -2.22. The van der Waals surface area contributed by atoms with Crippen LogP contribution in [0.3, 0.4) is 0 Å². The zero-order valence-corrected chi connectivity index (χ0v) is 12.6. The number of methoxy groups -OCH3 is 1. The highest BCUT2D eigenvalue weighted by Gasteiger charge is 2.29. The molecule has 0 amide bonds. The minimum Gasteiger partial charge on any atom is -0.495 e. The van der Waals surface area contributed by atoms with E-state index in [-0.39, 0.29) is 6.04 Å². The third-order valence-electron chi connectivity index (χ3n) is 4.24. The second-order valence-electron chi connectivity index (χ2n) is 5.67. The summed E-state index contributed by atoms with van der Waals surface area (Å²) >= 11 is 0. The van der Waals surface area contributed by atoms with Gasteiger partial charge in [-0.1, -0.05) is 54.6 Å². The molecule has 2 aromatic carbocycles. The molecule has 1 heterocycles. The summed E-state index contributed by atoms with van der Waals surface area (Å²) in [5.74, 6) is 1.26. The van der Waals surface area contributed by atoms with Crippen LogP contribution in [0.5, 0.6) is 5.75 Å². The molecule has 0 aliphatic carbocycles. The molecule has 2 heteroatoms. The summed E-state index contributed by atoms with van der Waals surface area (Å²) in [6, 6.07) is 17.1. The van der Waals surface area contributed by atoms with Crippen molar-refractivity contribution in [3.05, 3.63) is 71.8 Å². The molecule has 0 bridgehead atoms. The first-order valence-electron chi connectivity index (χ1n) is 7.34. The van der Waals surface area contributed by atoms with Crippen molar-refractivity contribution in [2.75, 3.05) is 12.4 Å². The standard InChI is InChI=1S/C19H21NO/c1-13(2)16-12-17(14-8-5-4-6-9-14)20-19-15(16)10-7-11-18(19)21-3/h4-11,16-17,20H,1,12H2,2-3H3/t16-,17-/m0/s1. The van der Waals surface area contributed by atoms with E-state index in [1.165, 1.54) is 16.7 Å². The van der Waals surface area contributed by atoms with Gasteiger partial charge in [0.1, 0.15) is 5.75 Å². The van der Waals surface area contributed by atoms with E-state index in [1.54, 1.807) is 7.11 Å². The Kier molecular flexibility index (Phi) is 3.70. The van der Waals surface area contributed by atoms with E-state index in [4.69, 9.17) is 4.74 Å². The predicted octanol–water partition coefficient (Wildman–Crippen LogP) is 4.91. The van der Waals surface area contributed by atoms with Crippen LogP contribution in [0.25, 0.3) is 0 Å². The molecule has 0 aromatic heterocycles. The average Bonchev–Trinajstić information content (AvgIpc) is 2.53. The highest BCUT2D eigenvalue weighted by molar-refractivity contribution is 5.67. The summed E-state index contributed by atoms with van der Waals surface area (Å²) in [6.07, 6.45) is 1.03. The Labute approximate surface area is 126 Å². The minimum atomic E-state index is 0.289. The normalized spacial score (nSPS) is 20.3. The van der Waals surface area contributed by atoms with Crippen LogP contribution in [0.15, 0.2) is 60.7 Å². The van der Waals surface area contributed by atoms with Gasteiger partial charge >= 0.3 is 0 Å². The van der Waals surface area contributed by atoms with Gasteiger partial charge in [-0.2, -0.15) is 0 Å². The van der Waals surface area contributed by atoms with E-state index in [2.05, 4.69) is 61.3 Å². The highest BCUT2D eigenvalue weighted by atomic mass is 16.5. The minimum absolute atomic E-state index is 0.289. The van der Waals surface area contributed by atoms with Crippen molar-refractivity contribution in [1.29, 1.82) is 0 Å². The number of para-hydroxylation sites is 1. The number of hydrogen-bond donors (Lipinski definition) is 1. The predicted molar refractivity (Wildman–Crippen MR) is 88.0 cm³/mol. The van der Waals surface area contributed by atoms with Gasteiger partial charge in [-0.05, 0) is 30.5 Å². The summed E-state index contributed by atoms with van der Waals surface area (Å²) in [6.45, 7) is 6.31. The lowest BCUT2D eigenvalue weighted by atomic mass is 9.81. The smallest absolute Gasteiger partial charge is 0.142 e. The second kappa shape index (κ2) is 5.65. The van der Waals surface area contributed by atoms with Crippen molar-refractivity contribution < 1.29 is 4.74 Å². The summed E-state index contributed by atoms with van der Waals surface area (Å²) in [4.78, 5) is 0. The number of benzene rings is 2. The van der Waals surface area contributed by atoms with E-state index < -0.39 is 0 Å². The Morgan fingerprint density at radius 2 is 1.90 bits per heavy atom. The van der Waals surface area contributed by atoms with Gasteiger partial charge in [0.05, 0.1) is 18.8 Å². The molecule has 0 radical (unpaired) electrons. The van der Waals surface area contributed by atoms with Crippen molar-refractivity contribution in [1.82, 2.24) is 0 Å². The van der Waals surface area contributed by atoms with Crippen molar-refractivity contribution in [3.63, 3.8) is 0 Å². The van der Waals surface area contributed by atoms with Gasteiger partial charge in [-0.3, -0.25) is 0 Å². The van der Waals surface area contributed by atoms with Crippen LogP contribution in [0.4, 0.5) is 5.69 Å². The molecule has 21 heavy (non-hydrogen) atoms. The SMILES string of the molecule is C=C(C)[C@@H]1C[C@@H](c2ccccc2)Nc2c(OC)cccc21. The number of hydrogen-bond acceptors (Lipinski definition) is 2. The number of ether oxygens (including phenoxy) is 1. The molecule has 2 atom stereocenters. The molecular formula is C19H21NO. The molecular weight excluding hydrogens is 258 g/mol. The first kappa shape index (κ1) is 13.7. The van der Waals surface area contributed by atoms with Crippen LogP contribution in [0, 0.1) is 0 Å². The third-order valence-corrected chi connectivity index (χ3v) is 4.24. The van der Waals surface area contributed by atoms with E-state index in [0.717, 1.165) is 17.9 Å². The largest absolute Gasteiger partial charge is 0.495 e. The van der Waals surface area contributed by atoms with Crippen molar-refractivity contribution in [2.24, 2.45) is 0 Å². The molecule has 1 aliphatic rings. The average molecular weight is 279 g/mol. The maximum absolute atomic E-state index is 5.53. The second-order valence-corrected chi connectivity index (χ2v) is 5.67. The molecule has 0 unspecified atom stereocenters. The topological polar surface area (TPSA) is 21.3 Å². The summed E-state index contributed by atoms with van der Waals surface area (Å²) in [5.41, 5.74) is 4.90. The van der Waals surface area contributed by atoms with Crippen LogP contribution < -0.4 is 10.1 Å². The molecule has 1 N–H and O–H groups in total. The van der Waals surface area contributed by atoms with Crippen LogP contribution in [-0.4, -0.2) is 7.11 Å². The van der Waals surface area contributed by atoms with Crippen LogP contribution in [-0.2, 0) is 0 Å². The van der Waals surface area contributed by atoms with Gasteiger partial charge in [-0.15, -0.1) is 0 Å². The monoisotopic (exact) mass is 279 g/mol. The Hall–Kier alpha value is -2.22. The number of allylic oxidation sites excluding steroid dienone is 1. The Morgan fingerprint density at radius 1 is 1.14 bits per heavy atom. The molecule has 108 valence electrons. The van der Waals surface area contributed by atoms with Gasteiger partial charge in [0.25, 0.3) is 0 Å². The van der Waals surface area contributed by atoms with Crippen LogP contribution in [0.2, 0.25) is 0 Å². The quantitative estimate of drug-likeness (QED) is 0.806. The molecule has 1 aliphatic heterocycles. The molecule has 2 aromatic rings. The van der Waals surface area contributed by atoms with E-state index in [9.17, 15) is 0 Å². The van der Waals surface area contributed by atoms with Gasteiger partial charge < -0.3 is 10.1 Å². The van der Waals surface area contributed by atoms with Gasteiger partial charge in [-0.25, -0.2) is 0 Å². The van der Waals surface area contributed by atoms with Gasteiger partial charge in [0, 0.05) is 5.92 Å². The van der Waals surface area contributed by atoms with E-state index in [1.807, 2.05) is 6.07 Å². The number of nitrogens with one attached hydrogen (secondary N) is 1. The zero-order chi connectivity index (χ0) is 14.8. The number of fused-ring (bicyclic) bond motifs is 1. The molecule has 2 nitrogen and oxygen atoms in total. The maximum atomic E-state index is 5.53.